The van der Waals surface area contributed by atoms with Gasteiger partial charge in [0.25, 0.3) is 5.91 Å². The van der Waals surface area contributed by atoms with Gasteiger partial charge >= 0.3 is 0 Å². The molecule has 8 heteroatoms. The molecular formula is C24H26N2O5S. The summed E-state index contributed by atoms with van der Waals surface area (Å²) < 4.78 is 22.0. The van der Waals surface area contributed by atoms with Gasteiger partial charge in [-0.2, -0.15) is 0 Å². The Balaban J connectivity index is 1.51. The Kier molecular flexibility index (Phi) is 6.92. The molecule has 0 aliphatic carbocycles. The molecule has 1 aromatic heterocycles. The molecule has 0 bridgehead atoms. The highest BCUT2D eigenvalue weighted by Crippen LogP contribution is 2.37. The zero-order chi connectivity index (χ0) is 22.5. The number of benzene rings is 2. The highest BCUT2D eigenvalue weighted by atomic mass is 32.1. The van der Waals surface area contributed by atoms with Crippen LogP contribution >= 0.6 is 11.3 Å². The Morgan fingerprint density at radius 1 is 1.09 bits per heavy atom. The Morgan fingerprint density at radius 3 is 2.62 bits per heavy atom. The molecule has 0 fully saturated rings. The number of carbonyl (C=O) groups excluding carboxylic acids is 1. The van der Waals surface area contributed by atoms with E-state index >= 15 is 0 Å². The monoisotopic (exact) mass is 454 g/mol. The Hall–Kier alpha value is -3.10. The van der Waals surface area contributed by atoms with Gasteiger partial charge in [0.1, 0.15) is 23.9 Å². The predicted octanol–water partition coefficient (Wildman–Crippen LogP) is 4.20. The molecule has 1 aliphatic rings. The summed E-state index contributed by atoms with van der Waals surface area (Å²) in [5, 5.41) is 3.04. The molecular weight excluding hydrogens is 428 g/mol. The summed E-state index contributed by atoms with van der Waals surface area (Å²) in [7, 11) is 3.31. The fourth-order valence-electron chi connectivity index (χ4n) is 3.47. The number of ether oxygens (including phenoxy) is 4. The minimum Gasteiger partial charge on any atom is -0.497 e. The maximum absolute atomic E-state index is 12.9. The minimum absolute atomic E-state index is 0.0907. The molecule has 3 aromatic rings. The summed E-state index contributed by atoms with van der Waals surface area (Å²) >= 11 is 1.61. The highest BCUT2D eigenvalue weighted by molar-refractivity contribution is 7.09. The summed E-state index contributed by atoms with van der Waals surface area (Å²) in [6.45, 7) is 3.16. The van der Waals surface area contributed by atoms with Crippen LogP contribution in [0.5, 0.6) is 17.2 Å². The lowest BCUT2D eigenvalue weighted by Gasteiger charge is -2.33. The summed E-state index contributed by atoms with van der Waals surface area (Å²) in [6, 6.07) is 13.2. The van der Waals surface area contributed by atoms with E-state index in [9.17, 15) is 4.79 Å². The van der Waals surface area contributed by atoms with Crippen molar-refractivity contribution < 1.29 is 23.7 Å². The first-order valence-corrected chi connectivity index (χ1v) is 11.3. The topological polar surface area (TPSA) is 70.1 Å². The lowest BCUT2D eigenvalue weighted by atomic mass is 10.1. The number of rotatable bonds is 9. The Labute approximate surface area is 191 Å². The first-order valence-electron chi connectivity index (χ1n) is 10.4. The van der Waals surface area contributed by atoms with Gasteiger partial charge in [-0.15, -0.1) is 11.3 Å². The second kappa shape index (κ2) is 10.0. The molecule has 1 atom stereocenters. The van der Waals surface area contributed by atoms with Gasteiger partial charge in [-0.3, -0.25) is 4.79 Å². The van der Waals surface area contributed by atoms with Gasteiger partial charge < -0.3 is 23.8 Å². The van der Waals surface area contributed by atoms with E-state index in [4.69, 9.17) is 23.9 Å². The van der Waals surface area contributed by atoms with E-state index in [0.717, 1.165) is 39.9 Å². The van der Waals surface area contributed by atoms with Crippen LogP contribution in [-0.2, 0) is 16.0 Å². The number of thiazole rings is 1. The van der Waals surface area contributed by atoms with Crippen molar-refractivity contribution in [3.05, 3.63) is 52.9 Å². The fraction of sp³-hybridized carbons (Fsp3) is 0.333. The maximum atomic E-state index is 12.9. The highest BCUT2D eigenvalue weighted by Gasteiger charge is 2.31. The van der Waals surface area contributed by atoms with Gasteiger partial charge in [-0.25, -0.2) is 4.98 Å². The SMILES string of the molecule is COCCc1nc(-c2ccc3c(c2)N(CCOc2ccc(OC)cc2)C(=O)C(C)O3)cs1. The maximum Gasteiger partial charge on any atom is 0.267 e. The number of fused-ring (bicyclic) bond motifs is 1. The van der Waals surface area contributed by atoms with Crippen molar-refractivity contribution in [2.75, 3.05) is 38.9 Å². The van der Waals surface area contributed by atoms with E-state index in [1.54, 1.807) is 37.4 Å². The average molecular weight is 455 g/mol. The molecule has 2 aromatic carbocycles. The second-order valence-corrected chi connectivity index (χ2v) is 8.27. The standard InChI is InChI=1S/C24H26N2O5S/c1-16-24(27)26(11-13-30-19-7-5-18(29-3)6-8-19)21-14-17(4-9-22(21)31-16)20-15-32-23(25-20)10-12-28-2/h4-9,14-16H,10-13H2,1-3H3. The van der Waals surface area contributed by atoms with Crippen LogP contribution in [0.15, 0.2) is 47.8 Å². The number of methoxy groups -OCH3 is 2. The number of amides is 1. The molecule has 168 valence electrons. The minimum atomic E-state index is -0.547. The molecule has 4 rings (SSSR count). The van der Waals surface area contributed by atoms with Crippen LogP contribution in [0.3, 0.4) is 0 Å². The van der Waals surface area contributed by atoms with Crippen LogP contribution in [0.4, 0.5) is 5.69 Å². The van der Waals surface area contributed by atoms with Gasteiger partial charge in [-0.05, 0) is 49.4 Å². The lowest BCUT2D eigenvalue weighted by molar-refractivity contribution is -0.125. The second-order valence-electron chi connectivity index (χ2n) is 7.33. The number of carbonyl (C=O) groups is 1. The van der Waals surface area contributed by atoms with Gasteiger partial charge in [-0.1, -0.05) is 0 Å². The van der Waals surface area contributed by atoms with E-state index in [0.29, 0.717) is 25.5 Å². The van der Waals surface area contributed by atoms with Crippen molar-refractivity contribution in [3.63, 3.8) is 0 Å². The van der Waals surface area contributed by atoms with E-state index in [-0.39, 0.29) is 5.91 Å². The van der Waals surface area contributed by atoms with E-state index in [1.807, 2.05) is 47.8 Å². The zero-order valence-electron chi connectivity index (χ0n) is 18.4. The summed E-state index contributed by atoms with van der Waals surface area (Å²) in [4.78, 5) is 19.3. The van der Waals surface area contributed by atoms with Gasteiger partial charge in [0, 0.05) is 24.5 Å². The molecule has 0 N–H and O–H groups in total. The third kappa shape index (κ3) is 4.87. The van der Waals surface area contributed by atoms with E-state index in [1.165, 1.54) is 0 Å². The quantitative estimate of drug-likeness (QED) is 0.483. The Morgan fingerprint density at radius 2 is 1.88 bits per heavy atom. The summed E-state index contributed by atoms with van der Waals surface area (Å²) in [5.41, 5.74) is 2.55. The van der Waals surface area contributed by atoms with Gasteiger partial charge in [0.2, 0.25) is 0 Å². The third-order valence-electron chi connectivity index (χ3n) is 5.18. The molecule has 2 heterocycles. The predicted molar refractivity (Wildman–Crippen MR) is 124 cm³/mol. The molecule has 1 aliphatic heterocycles. The van der Waals surface area contributed by atoms with Crippen LogP contribution in [0.25, 0.3) is 11.3 Å². The number of anilines is 1. The van der Waals surface area contributed by atoms with Crippen molar-refractivity contribution in [3.8, 4) is 28.5 Å². The first kappa shape index (κ1) is 22.1. The fourth-order valence-corrected chi connectivity index (χ4v) is 4.26. The summed E-state index contributed by atoms with van der Waals surface area (Å²) in [5.74, 6) is 2.08. The smallest absolute Gasteiger partial charge is 0.267 e. The van der Waals surface area contributed by atoms with Crippen molar-refractivity contribution in [1.29, 1.82) is 0 Å². The van der Waals surface area contributed by atoms with Crippen LogP contribution in [0.1, 0.15) is 11.9 Å². The summed E-state index contributed by atoms with van der Waals surface area (Å²) in [6.07, 6.45) is 0.231. The van der Waals surface area contributed by atoms with Crippen LogP contribution < -0.4 is 19.1 Å². The first-order chi connectivity index (χ1) is 15.6. The average Bonchev–Trinajstić information content (AvgIpc) is 3.29. The molecule has 0 spiro atoms. The molecule has 1 amide bonds. The largest absolute Gasteiger partial charge is 0.497 e. The number of hydrogen-bond acceptors (Lipinski definition) is 7. The molecule has 7 nitrogen and oxygen atoms in total. The van der Waals surface area contributed by atoms with E-state index < -0.39 is 6.10 Å². The van der Waals surface area contributed by atoms with E-state index in [2.05, 4.69) is 0 Å². The van der Waals surface area contributed by atoms with Gasteiger partial charge in [0.05, 0.1) is 36.7 Å². The number of aromatic nitrogens is 1. The molecule has 1 unspecified atom stereocenters. The van der Waals surface area contributed by atoms with Crippen molar-refractivity contribution >= 4 is 22.9 Å². The molecule has 32 heavy (non-hydrogen) atoms. The van der Waals surface area contributed by atoms with Crippen LogP contribution in [0, 0.1) is 0 Å². The van der Waals surface area contributed by atoms with Gasteiger partial charge in [0.15, 0.2) is 6.10 Å². The van der Waals surface area contributed by atoms with Crippen molar-refractivity contribution in [2.45, 2.75) is 19.4 Å². The van der Waals surface area contributed by atoms with Crippen LogP contribution in [-0.4, -0.2) is 51.0 Å². The molecule has 0 radical (unpaired) electrons. The van der Waals surface area contributed by atoms with Crippen molar-refractivity contribution in [1.82, 2.24) is 4.98 Å². The number of hydrogen-bond donors (Lipinski definition) is 0. The van der Waals surface area contributed by atoms with Crippen LogP contribution in [0.2, 0.25) is 0 Å². The molecule has 0 saturated carbocycles. The van der Waals surface area contributed by atoms with Crippen molar-refractivity contribution in [2.24, 2.45) is 0 Å². The Bertz CT molecular complexity index is 1070. The number of nitrogens with zero attached hydrogens (tertiary/aromatic N) is 2. The lowest BCUT2D eigenvalue weighted by Crippen LogP contribution is -2.46. The third-order valence-corrected chi connectivity index (χ3v) is 6.09. The normalized spacial score (nSPS) is 15.3. The zero-order valence-corrected chi connectivity index (χ0v) is 19.2. The molecule has 0 saturated heterocycles.